The van der Waals surface area contributed by atoms with Crippen molar-refractivity contribution < 1.29 is 14.7 Å². The second-order valence-corrected chi connectivity index (χ2v) is 3.70. The third-order valence-electron chi connectivity index (χ3n) is 2.21. The van der Waals surface area contributed by atoms with E-state index in [1.165, 1.54) is 10.9 Å². The van der Waals surface area contributed by atoms with Crippen molar-refractivity contribution in [3.05, 3.63) is 30.6 Å². The highest BCUT2D eigenvalue weighted by Gasteiger charge is 2.23. The van der Waals surface area contributed by atoms with E-state index in [1.54, 1.807) is 19.3 Å². The van der Waals surface area contributed by atoms with E-state index in [0.717, 1.165) is 0 Å². The van der Waals surface area contributed by atoms with E-state index >= 15 is 0 Å². The van der Waals surface area contributed by atoms with Gasteiger partial charge in [0.1, 0.15) is 0 Å². The predicted octanol–water partition coefficient (Wildman–Crippen LogP) is 0.421. The molecule has 0 fully saturated rings. The van der Waals surface area contributed by atoms with Gasteiger partial charge in [0.2, 0.25) is 0 Å². The number of hydrogen-bond donors (Lipinski definition) is 3. The molecule has 0 spiro atoms. The summed E-state index contributed by atoms with van der Waals surface area (Å²) in [5.41, 5.74) is 0.420. The van der Waals surface area contributed by atoms with E-state index in [-0.39, 0.29) is 0 Å². The summed E-state index contributed by atoms with van der Waals surface area (Å²) in [6.07, 6.45) is 5.24. The highest BCUT2D eigenvalue weighted by molar-refractivity contribution is 5.83. The summed E-state index contributed by atoms with van der Waals surface area (Å²) in [5, 5.41) is 17.8. The van der Waals surface area contributed by atoms with Gasteiger partial charge in [-0.2, -0.15) is 5.10 Å². The van der Waals surface area contributed by atoms with Crippen LogP contribution in [0.15, 0.2) is 25.0 Å². The minimum atomic E-state index is -1.14. The molecule has 0 radical (unpaired) electrons. The fraction of sp³-hybridized carbons (Fsp3) is 0.364. The number of hydrogen-bond acceptors (Lipinski definition) is 3. The molecule has 0 saturated carbocycles. The fourth-order valence-electron chi connectivity index (χ4n) is 1.35. The molecule has 1 aromatic heterocycles. The van der Waals surface area contributed by atoms with Crippen molar-refractivity contribution in [3.8, 4) is 0 Å². The van der Waals surface area contributed by atoms with Crippen LogP contribution in [0.4, 0.5) is 4.79 Å². The Balaban J connectivity index is 2.61. The average molecular weight is 252 g/mol. The van der Waals surface area contributed by atoms with Crippen LogP contribution in [0, 0.1) is 0 Å². The molecule has 3 N–H and O–H groups in total. The topological polar surface area (TPSA) is 96.2 Å². The van der Waals surface area contributed by atoms with Gasteiger partial charge in [-0.1, -0.05) is 6.08 Å². The van der Waals surface area contributed by atoms with Crippen LogP contribution in [0.2, 0.25) is 0 Å². The molecule has 98 valence electrons. The van der Waals surface area contributed by atoms with E-state index < -0.39 is 18.0 Å². The maximum absolute atomic E-state index is 11.5. The maximum atomic E-state index is 11.5. The van der Waals surface area contributed by atoms with Crippen LogP contribution < -0.4 is 10.6 Å². The molecule has 7 heteroatoms. The van der Waals surface area contributed by atoms with Crippen LogP contribution in [-0.4, -0.2) is 33.4 Å². The molecule has 2 amide bonds. The second-order valence-electron chi connectivity index (χ2n) is 3.70. The molecule has 18 heavy (non-hydrogen) atoms. The minimum Gasteiger partial charge on any atom is -0.479 e. The van der Waals surface area contributed by atoms with Crippen molar-refractivity contribution >= 4 is 12.0 Å². The lowest BCUT2D eigenvalue weighted by atomic mass is 10.1. The zero-order valence-electron chi connectivity index (χ0n) is 10.1. The standard InChI is InChI=1S/C11H16N4O3/c1-3-4-5-12-11(18)14-9(10(16)17)8-6-13-15(2)7-8/h3,6-7,9H,1,4-5H2,2H3,(H,16,17)(H2,12,14,18). The number of carbonyl (C=O) groups is 2. The van der Waals surface area contributed by atoms with Crippen LogP contribution in [-0.2, 0) is 11.8 Å². The molecular formula is C11H16N4O3. The molecule has 1 heterocycles. The lowest BCUT2D eigenvalue weighted by molar-refractivity contribution is -0.139. The summed E-state index contributed by atoms with van der Waals surface area (Å²) in [5.74, 6) is -1.14. The number of carboxylic acids is 1. The highest BCUT2D eigenvalue weighted by atomic mass is 16.4. The van der Waals surface area contributed by atoms with Crippen LogP contribution in [0.5, 0.6) is 0 Å². The van der Waals surface area contributed by atoms with Gasteiger partial charge in [0, 0.05) is 25.4 Å². The number of nitrogens with zero attached hydrogens (tertiary/aromatic N) is 2. The van der Waals surface area contributed by atoms with E-state index in [4.69, 9.17) is 5.11 Å². The van der Waals surface area contributed by atoms with Crippen molar-refractivity contribution in [1.29, 1.82) is 0 Å². The number of rotatable bonds is 6. The molecule has 0 aliphatic heterocycles. The second kappa shape index (κ2) is 6.43. The monoisotopic (exact) mass is 252 g/mol. The summed E-state index contributed by atoms with van der Waals surface area (Å²) in [7, 11) is 1.67. The van der Waals surface area contributed by atoms with Crippen molar-refractivity contribution in [1.82, 2.24) is 20.4 Å². The third kappa shape index (κ3) is 3.93. The van der Waals surface area contributed by atoms with Gasteiger partial charge in [0.25, 0.3) is 0 Å². The molecule has 0 bridgehead atoms. The SMILES string of the molecule is C=CCCNC(=O)NC(C(=O)O)c1cnn(C)c1. The van der Waals surface area contributed by atoms with Gasteiger partial charge in [0.15, 0.2) is 6.04 Å². The highest BCUT2D eigenvalue weighted by Crippen LogP contribution is 2.11. The molecule has 0 aliphatic carbocycles. The smallest absolute Gasteiger partial charge is 0.331 e. The van der Waals surface area contributed by atoms with E-state index in [2.05, 4.69) is 22.3 Å². The third-order valence-corrected chi connectivity index (χ3v) is 2.21. The van der Waals surface area contributed by atoms with E-state index in [0.29, 0.717) is 18.5 Å². The fourth-order valence-corrected chi connectivity index (χ4v) is 1.35. The Morgan fingerprint density at radius 2 is 2.39 bits per heavy atom. The van der Waals surface area contributed by atoms with Gasteiger partial charge in [-0.15, -0.1) is 6.58 Å². The van der Waals surface area contributed by atoms with Crippen molar-refractivity contribution in [2.75, 3.05) is 6.54 Å². The quantitative estimate of drug-likeness (QED) is 0.505. The predicted molar refractivity (Wildman–Crippen MR) is 64.9 cm³/mol. The Labute approximate surface area is 104 Å². The first-order valence-electron chi connectivity index (χ1n) is 5.41. The molecule has 1 atom stereocenters. The molecule has 0 aromatic carbocycles. The Hall–Kier alpha value is -2.31. The molecule has 1 unspecified atom stereocenters. The Morgan fingerprint density at radius 1 is 1.67 bits per heavy atom. The summed E-state index contributed by atoms with van der Waals surface area (Å²) >= 11 is 0. The first-order chi connectivity index (χ1) is 8.54. The zero-order valence-corrected chi connectivity index (χ0v) is 10.1. The maximum Gasteiger partial charge on any atom is 0.331 e. The van der Waals surface area contributed by atoms with Crippen LogP contribution in [0.25, 0.3) is 0 Å². The molecule has 0 saturated heterocycles. The number of aliphatic carboxylic acids is 1. The van der Waals surface area contributed by atoms with Crippen LogP contribution in [0.1, 0.15) is 18.0 Å². The van der Waals surface area contributed by atoms with Crippen LogP contribution >= 0.6 is 0 Å². The van der Waals surface area contributed by atoms with Crippen molar-refractivity contribution in [2.45, 2.75) is 12.5 Å². The van der Waals surface area contributed by atoms with Crippen molar-refractivity contribution in [3.63, 3.8) is 0 Å². The summed E-state index contributed by atoms with van der Waals surface area (Å²) < 4.78 is 1.47. The summed E-state index contributed by atoms with van der Waals surface area (Å²) in [6, 6.07) is -1.64. The summed E-state index contributed by atoms with van der Waals surface area (Å²) in [4.78, 5) is 22.5. The largest absolute Gasteiger partial charge is 0.479 e. The Morgan fingerprint density at radius 3 is 2.89 bits per heavy atom. The first kappa shape index (κ1) is 13.8. The van der Waals surface area contributed by atoms with Gasteiger partial charge in [-0.05, 0) is 6.42 Å². The average Bonchev–Trinajstić information content (AvgIpc) is 2.72. The normalized spacial score (nSPS) is 11.6. The molecule has 7 nitrogen and oxygen atoms in total. The van der Waals surface area contributed by atoms with Gasteiger partial charge < -0.3 is 15.7 Å². The van der Waals surface area contributed by atoms with Gasteiger partial charge >= 0.3 is 12.0 Å². The number of amides is 2. The lowest BCUT2D eigenvalue weighted by Gasteiger charge is -2.13. The minimum absolute atomic E-state index is 0.411. The van der Waals surface area contributed by atoms with E-state index in [9.17, 15) is 9.59 Å². The summed E-state index contributed by atoms with van der Waals surface area (Å²) in [6.45, 7) is 3.93. The molecular weight excluding hydrogens is 236 g/mol. The van der Waals surface area contributed by atoms with Crippen LogP contribution in [0.3, 0.4) is 0 Å². The number of carboxylic acid groups (broad SMARTS) is 1. The number of carbonyl (C=O) groups excluding carboxylic acids is 1. The number of aromatic nitrogens is 2. The number of aryl methyl sites for hydroxylation is 1. The molecule has 1 rings (SSSR count). The zero-order chi connectivity index (χ0) is 13.5. The Kier molecular flexibility index (Phi) is 4.91. The molecule has 1 aromatic rings. The van der Waals surface area contributed by atoms with Gasteiger partial charge in [-0.3, -0.25) is 4.68 Å². The number of nitrogens with one attached hydrogen (secondary N) is 2. The van der Waals surface area contributed by atoms with Crippen molar-refractivity contribution in [2.24, 2.45) is 7.05 Å². The van der Waals surface area contributed by atoms with E-state index in [1.807, 2.05) is 0 Å². The molecule has 0 aliphatic rings. The Bertz CT molecular complexity index is 441. The first-order valence-corrected chi connectivity index (χ1v) is 5.41. The lowest BCUT2D eigenvalue weighted by Crippen LogP contribution is -2.41. The van der Waals surface area contributed by atoms with Gasteiger partial charge in [-0.25, -0.2) is 9.59 Å². The number of urea groups is 1. The van der Waals surface area contributed by atoms with Gasteiger partial charge in [0.05, 0.1) is 6.20 Å².